The van der Waals surface area contributed by atoms with Crippen LogP contribution in [-0.2, 0) is 9.59 Å². The molecule has 0 saturated heterocycles. The number of anilines is 1. The summed E-state index contributed by atoms with van der Waals surface area (Å²) in [6.45, 7) is 0.136. The zero-order valence-electron chi connectivity index (χ0n) is 9.37. The molecule has 0 saturated carbocycles. The van der Waals surface area contributed by atoms with E-state index in [0.717, 1.165) is 6.07 Å². The fourth-order valence-corrected chi connectivity index (χ4v) is 1.37. The predicted octanol–water partition coefficient (Wildman–Crippen LogP) is 1.03. The molecular formula is C11H12BrFN2O3. The summed E-state index contributed by atoms with van der Waals surface area (Å²) in [6, 6.07) is 3.99. The number of rotatable bonds is 4. The van der Waals surface area contributed by atoms with Crippen LogP contribution in [0.5, 0.6) is 0 Å². The standard InChI is InChI=1S/C11H12BrFN2O3/c12-8-3-2-7(6-9(8)13)15-11(18)10(17)14-4-1-5-16/h2-3,6,16H,1,4-5H2,(H,14,17)(H,15,18). The molecular weight excluding hydrogens is 307 g/mol. The molecule has 7 heteroatoms. The van der Waals surface area contributed by atoms with Crippen molar-refractivity contribution in [1.82, 2.24) is 5.32 Å². The fraction of sp³-hybridized carbons (Fsp3) is 0.273. The number of carbonyl (C=O) groups excluding carboxylic acids is 2. The van der Waals surface area contributed by atoms with Crippen LogP contribution in [0.25, 0.3) is 0 Å². The van der Waals surface area contributed by atoms with Gasteiger partial charge in [0.2, 0.25) is 0 Å². The lowest BCUT2D eigenvalue weighted by Crippen LogP contribution is -2.36. The normalized spacial score (nSPS) is 9.94. The Hall–Kier alpha value is -1.47. The minimum absolute atomic E-state index is 0.0696. The molecule has 1 rings (SSSR count). The Bertz CT molecular complexity index is 454. The average Bonchev–Trinajstić information content (AvgIpc) is 2.34. The van der Waals surface area contributed by atoms with Crippen LogP contribution in [0.3, 0.4) is 0 Å². The van der Waals surface area contributed by atoms with Gasteiger partial charge in [0.05, 0.1) is 4.47 Å². The summed E-state index contributed by atoms with van der Waals surface area (Å²) in [5, 5.41) is 13.1. The van der Waals surface area contributed by atoms with Gasteiger partial charge >= 0.3 is 11.8 Å². The van der Waals surface area contributed by atoms with Crippen molar-refractivity contribution in [1.29, 1.82) is 0 Å². The molecule has 18 heavy (non-hydrogen) atoms. The summed E-state index contributed by atoms with van der Waals surface area (Å²) >= 11 is 2.98. The third-order valence-corrected chi connectivity index (χ3v) is 2.65. The summed E-state index contributed by atoms with van der Waals surface area (Å²) < 4.78 is 13.4. The molecule has 0 aliphatic rings. The third kappa shape index (κ3) is 4.42. The van der Waals surface area contributed by atoms with Gasteiger partial charge in [0, 0.05) is 18.8 Å². The van der Waals surface area contributed by atoms with Gasteiger partial charge in [-0.2, -0.15) is 0 Å². The second kappa shape index (κ2) is 7.07. The monoisotopic (exact) mass is 318 g/mol. The SMILES string of the molecule is O=C(NCCCO)C(=O)Nc1ccc(Br)c(F)c1. The van der Waals surface area contributed by atoms with Crippen LogP contribution in [-0.4, -0.2) is 30.1 Å². The highest BCUT2D eigenvalue weighted by Gasteiger charge is 2.13. The summed E-state index contributed by atoms with van der Waals surface area (Å²) in [6.07, 6.45) is 0.367. The smallest absolute Gasteiger partial charge is 0.313 e. The van der Waals surface area contributed by atoms with Gasteiger partial charge < -0.3 is 15.7 Å². The molecule has 0 atom stereocenters. The van der Waals surface area contributed by atoms with Crippen molar-refractivity contribution in [3.63, 3.8) is 0 Å². The number of aliphatic hydroxyl groups excluding tert-OH is 1. The molecule has 0 heterocycles. The molecule has 1 aromatic carbocycles. The lowest BCUT2D eigenvalue weighted by molar-refractivity contribution is -0.136. The van der Waals surface area contributed by atoms with Gasteiger partial charge in [0.1, 0.15) is 5.82 Å². The molecule has 0 fully saturated rings. The van der Waals surface area contributed by atoms with E-state index in [0.29, 0.717) is 6.42 Å². The quantitative estimate of drug-likeness (QED) is 0.573. The number of hydrogen-bond acceptors (Lipinski definition) is 3. The first-order chi connectivity index (χ1) is 8.54. The Kier molecular flexibility index (Phi) is 5.73. The van der Waals surface area contributed by atoms with E-state index in [9.17, 15) is 14.0 Å². The number of benzene rings is 1. The summed E-state index contributed by atoms with van der Waals surface area (Å²) in [5.41, 5.74) is 0.193. The van der Waals surface area contributed by atoms with Gasteiger partial charge in [-0.05, 0) is 40.5 Å². The maximum Gasteiger partial charge on any atom is 0.313 e. The van der Waals surface area contributed by atoms with Crippen molar-refractivity contribution in [3.8, 4) is 0 Å². The maximum absolute atomic E-state index is 13.2. The Labute approximate surface area is 112 Å². The fourth-order valence-electron chi connectivity index (χ4n) is 1.12. The molecule has 0 aliphatic heterocycles. The van der Waals surface area contributed by atoms with Crippen molar-refractivity contribution in [2.45, 2.75) is 6.42 Å². The number of amides is 2. The van der Waals surface area contributed by atoms with Gasteiger partial charge in [-0.25, -0.2) is 4.39 Å². The number of carbonyl (C=O) groups is 2. The van der Waals surface area contributed by atoms with Gasteiger partial charge in [0.15, 0.2) is 0 Å². The first-order valence-corrected chi connectivity index (χ1v) is 5.99. The second-order valence-corrected chi connectivity index (χ2v) is 4.27. The molecule has 0 unspecified atom stereocenters. The van der Waals surface area contributed by atoms with E-state index in [1.54, 1.807) is 0 Å². The maximum atomic E-state index is 13.2. The molecule has 5 nitrogen and oxygen atoms in total. The van der Waals surface area contributed by atoms with Crippen molar-refractivity contribution >= 4 is 33.4 Å². The van der Waals surface area contributed by atoms with E-state index in [1.165, 1.54) is 12.1 Å². The van der Waals surface area contributed by atoms with E-state index in [4.69, 9.17) is 5.11 Å². The number of hydrogen-bond donors (Lipinski definition) is 3. The number of nitrogens with one attached hydrogen (secondary N) is 2. The van der Waals surface area contributed by atoms with E-state index < -0.39 is 17.6 Å². The molecule has 0 spiro atoms. The van der Waals surface area contributed by atoms with Gasteiger partial charge in [0.25, 0.3) is 0 Å². The van der Waals surface area contributed by atoms with Crippen molar-refractivity contribution in [2.24, 2.45) is 0 Å². The van der Waals surface area contributed by atoms with Crippen molar-refractivity contribution < 1.29 is 19.1 Å². The topological polar surface area (TPSA) is 78.4 Å². The van der Waals surface area contributed by atoms with Gasteiger partial charge in [-0.3, -0.25) is 9.59 Å². The zero-order chi connectivity index (χ0) is 13.5. The number of halogens is 2. The second-order valence-electron chi connectivity index (χ2n) is 3.42. The molecule has 1 aromatic rings. The highest BCUT2D eigenvalue weighted by Crippen LogP contribution is 2.19. The molecule has 0 aliphatic carbocycles. The molecule has 0 bridgehead atoms. The number of aliphatic hydroxyl groups is 1. The Morgan fingerprint density at radius 3 is 2.67 bits per heavy atom. The van der Waals surface area contributed by atoms with E-state index >= 15 is 0 Å². The summed E-state index contributed by atoms with van der Waals surface area (Å²) in [7, 11) is 0. The van der Waals surface area contributed by atoms with E-state index in [2.05, 4.69) is 26.6 Å². The lowest BCUT2D eigenvalue weighted by atomic mass is 10.3. The first-order valence-electron chi connectivity index (χ1n) is 5.19. The predicted molar refractivity (Wildman–Crippen MR) is 67.4 cm³/mol. The largest absolute Gasteiger partial charge is 0.396 e. The molecule has 2 amide bonds. The van der Waals surface area contributed by atoms with Crippen LogP contribution in [0, 0.1) is 5.82 Å². The van der Waals surface area contributed by atoms with Crippen LogP contribution in [0.2, 0.25) is 0 Å². The lowest BCUT2D eigenvalue weighted by Gasteiger charge is -2.06. The summed E-state index contributed by atoms with van der Waals surface area (Å²) in [5.74, 6) is -2.24. The molecule has 3 N–H and O–H groups in total. The van der Waals surface area contributed by atoms with Crippen LogP contribution < -0.4 is 10.6 Å². The van der Waals surface area contributed by atoms with Crippen molar-refractivity contribution in [2.75, 3.05) is 18.5 Å². The van der Waals surface area contributed by atoms with Gasteiger partial charge in [-0.15, -0.1) is 0 Å². The van der Waals surface area contributed by atoms with Crippen LogP contribution in [0.15, 0.2) is 22.7 Å². The highest BCUT2D eigenvalue weighted by atomic mass is 79.9. The van der Waals surface area contributed by atoms with E-state index in [-0.39, 0.29) is 23.3 Å². The van der Waals surface area contributed by atoms with Crippen molar-refractivity contribution in [3.05, 3.63) is 28.5 Å². The molecule has 0 radical (unpaired) electrons. The van der Waals surface area contributed by atoms with Crippen LogP contribution >= 0.6 is 15.9 Å². The Morgan fingerprint density at radius 1 is 1.33 bits per heavy atom. The Balaban J connectivity index is 2.53. The molecule has 98 valence electrons. The summed E-state index contributed by atoms with van der Waals surface area (Å²) in [4.78, 5) is 22.6. The van der Waals surface area contributed by atoms with Gasteiger partial charge in [-0.1, -0.05) is 0 Å². The van der Waals surface area contributed by atoms with Crippen LogP contribution in [0.1, 0.15) is 6.42 Å². The molecule has 0 aromatic heterocycles. The zero-order valence-corrected chi connectivity index (χ0v) is 11.0. The average molecular weight is 319 g/mol. The third-order valence-electron chi connectivity index (χ3n) is 2.00. The highest BCUT2D eigenvalue weighted by molar-refractivity contribution is 9.10. The minimum Gasteiger partial charge on any atom is -0.396 e. The van der Waals surface area contributed by atoms with Crippen LogP contribution in [0.4, 0.5) is 10.1 Å². The first kappa shape index (κ1) is 14.6. The Morgan fingerprint density at radius 2 is 2.06 bits per heavy atom. The minimum atomic E-state index is -0.880. The van der Waals surface area contributed by atoms with E-state index in [1.807, 2.05) is 0 Å².